The van der Waals surface area contributed by atoms with Crippen LogP contribution in [-0.2, 0) is 18.3 Å². The second-order valence-corrected chi connectivity index (χ2v) is 6.79. The number of rotatable bonds is 5. The van der Waals surface area contributed by atoms with Crippen LogP contribution in [0.2, 0.25) is 0 Å². The van der Waals surface area contributed by atoms with Gasteiger partial charge in [-0.05, 0) is 11.6 Å². The topological polar surface area (TPSA) is 81.9 Å². The average Bonchev–Trinajstić information content (AvgIpc) is 3.22. The number of hydrogen-bond acceptors (Lipinski definition) is 6. The van der Waals surface area contributed by atoms with Crippen molar-refractivity contribution in [2.24, 2.45) is 7.05 Å². The van der Waals surface area contributed by atoms with E-state index in [4.69, 9.17) is 4.74 Å². The van der Waals surface area contributed by atoms with E-state index in [2.05, 4.69) is 26.4 Å². The van der Waals surface area contributed by atoms with Crippen molar-refractivity contribution >= 4 is 28.7 Å². The third kappa shape index (κ3) is 3.30. The van der Waals surface area contributed by atoms with Crippen molar-refractivity contribution in [2.45, 2.75) is 17.6 Å². The van der Waals surface area contributed by atoms with Gasteiger partial charge in [-0.2, -0.15) is 5.10 Å². The van der Waals surface area contributed by atoms with E-state index in [-0.39, 0.29) is 12.0 Å². The monoisotopic (exact) mass is 355 g/mol. The molecule has 1 amide bonds. The molecule has 128 valence electrons. The van der Waals surface area contributed by atoms with E-state index in [1.807, 2.05) is 25.2 Å². The van der Waals surface area contributed by atoms with Crippen molar-refractivity contribution in [1.82, 2.24) is 25.1 Å². The largest absolute Gasteiger partial charge is 0.488 e. The minimum absolute atomic E-state index is 0.00423. The highest BCUT2D eigenvalue weighted by Crippen LogP contribution is 2.28. The Morgan fingerprint density at radius 2 is 2.28 bits per heavy atom. The summed E-state index contributed by atoms with van der Waals surface area (Å²) in [7, 11) is 1.83. The number of carbonyl (C=O) groups excluding carboxylic acids is 1. The second kappa shape index (κ2) is 6.72. The standard InChI is InChI=1S/C17H17N5O2S/c1-22-16-13(8-21-22)17(20-10-19-16)25-9-15(23)18-7-12-6-11-4-2-3-5-14(11)24-12/h2-5,8,10,12H,6-7,9H2,1H3,(H,18,23). The first-order valence-corrected chi connectivity index (χ1v) is 8.96. The van der Waals surface area contributed by atoms with Crippen LogP contribution in [0.5, 0.6) is 5.75 Å². The molecule has 4 rings (SSSR count). The lowest BCUT2D eigenvalue weighted by Crippen LogP contribution is -2.35. The van der Waals surface area contributed by atoms with E-state index >= 15 is 0 Å². The van der Waals surface area contributed by atoms with Crippen LogP contribution in [-0.4, -0.2) is 44.1 Å². The van der Waals surface area contributed by atoms with Crippen molar-refractivity contribution in [2.75, 3.05) is 12.3 Å². The van der Waals surface area contributed by atoms with Crippen LogP contribution in [0.3, 0.4) is 0 Å². The number of aryl methyl sites for hydroxylation is 1. The highest BCUT2D eigenvalue weighted by Gasteiger charge is 2.22. The van der Waals surface area contributed by atoms with E-state index in [0.717, 1.165) is 28.2 Å². The molecule has 7 nitrogen and oxygen atoms in total. The Labute approximate surface area is 148 Å². The molecule has 0 saturated heterocycles. The molecule has 0 radical (unpaired) electrons. The zero-order valence-electron chi connectivity index (χ0n) is 13.7. The van der Waals surface area contributed by atoms with E-state index in [1.165, 1.54) is 23.7 Å². The van der Waals surface area contributed by atoms with E-state index < -0.39 is 0 Å². The van der Waals surface area contributed by atoms with Crippen LogP contribution in [0.25, 0.3) is 11.0 Å². The van der Waals surface area contributed by atoms with Gasteiger partial charge in [0.15, 0.2) is 5.65 Å². The number of thioether (sulfide) groups is 1. The molecule has 1 N–H and O–H groups in total. The summed E-state index contributed by atoms with van der Waals surface area (Å²) in [5.74, 6) is 1.16. The molecule has 1 aliphatic rings. The SMILES string of the molecule is Cn1ncc2c(SCC(=O)NCC3Cc4ccccc4O3)ncnc21. The Balaban J connectivity index is 1.30. The van der Waals surface area contributed by atoms with Crippen molar-refractivity contribution in [3.8, 4) is 5.75 Å². The van der Waals surface area contributed by atoms with Gasteiger partial charge in [-0.3, -0.25) is 9.48 Å². The summed E-state index contributed by atoms with van der Waals surface area (Å²) in [4.78, 5) is 20.6. The third-order valence-electron chi connectivity index (χ3n) is 4.07. The number of para-hydroxylation sites is 1. The molecule has 1 aliphatic heterocycles. The lowest BCUT2D eigenvalue weighted by atomic mass is 10.1. The van der Waals surface area contributed by atoms with Crippen LogP contribution in [0.4, 0.5) is 0 Å². The Morgan fingerprint density at radius 3 is 3.16 bits per heavy atom. The highest BCUT2D eigenvalue weighted by molar-refractivity contribution is 8.00. The first-order valence-electron chi connectivity index (χ1n) is 7.97. The number of nitrogens with one attached hydrogen (secondary N) is 1. The molecule has 0 spiro atoms. The third-order valence-corrected chi connectivity index (χ3v) is 5.08. The zero-order chi connectivity index (χ0) is 17.2. The number of hydrogen-bond donors (Lipinski definition) is 1. The van der Waals surface area contributed by atoms with Gasteiger partial charge in [0.05, 0.1) is 23.9 Å². The molecule has 8 heteroatoms. The molecule has 1 unspecified atom stereocenters. The first kappa shape index (κ1) is 15.9. The molecular formula is C17H17N5O2S. The minimum Gasteiger partial charge on any atom is -0.488 e. The maximum Gasteiger partial charge on any atom is 0.230 e. The fourth-order valence-corrected chi connectivity index (χ4v) is 3.63. The molecule has 2 aromatic heterocycles. The number of benzene rings is 1. The lowest BCUT2D eigenvalue weighted by molar-refractivity contribution is -0.118. The van der Waals surface area contributed by atoms with E-state index in [0.29, 0.717) is 12.3 Å². The number of aromatic nitrogens is 4. The van der Waals surface area contributed by atoms with Crippen LogP contribution < -0.4 is 10.1 Å². The second-order valence-electron chi connectivity index (χ2n) is 5.83. The van der Waals surface area contributed by atoms with Crippen LogP contribution >= 0.6 is 11.8 Å². The van der Waals surface area contributed by atoms with Crippen LogP contribution in [0.15, 0.2) is 41.8 Å². The Kier molecular flexibility index (Phi) is 4.27. The first-order chi connectivity index (χ1) is 12.2. The molecule has 25 heavy (non-hydrogen) atoms. The number of nitrogens with zero attached hydrogens (tertiary/aromatic N) is 4. The number of amides is 1. The van der Waals surface area contributed by atoms with Gasteiger partial charge >= 0.3 is 0 Å². The fourth-order valence-electron chi connectivity index (χ4n) is 2.84. The maximum absolute atomic E-state index is 12.1. The van der Waals surface area contributed by atoms with Gasteiger partial charge < -0.3 is 10.1 Å². The van der Waals surface area contributed by atoms with Gasteiger partial charge in [0, 0.05) is 13.5 Å². The summed E-state index contributed by atoms with van der Waals surface area (Å²) in [6, 6.07) is 7.97. The summed E-state index contributed by atoms with van der Waals surface area (Å²) in [5, 5.41) is 8.73. The maximum atomic E-state index is 12.1. The van der Waals surface area contributed by atoms with Gasteiger partial charge in [0.1, 0.15) is 23.2 Å². The summed E-state index contributed by atoms with van der Waals surface area (Å²) in [6.07, 6.45) is 4.04. The lowest BCUT2D eigenvalue weighted by Gasteiger charge is -2.11. The molecule has 3 aromatic rings. The van der Waals surface area contributed by atoms with Gasteiger partial charge in [-0.25, -0.2) is 9.97 Å². The molecule has 0 saturated carbocycles. The Bertz CT molecular complexity index is 901. The van der Waals surface area contributed by atoms with Crippen LogP contribution in [0.1, 0.15) is 5.56 Å². The number of ether oxygens (including phenoxy) is 1. The number of fused-ring (bicyclic) bond motifs is 2. The molecule has 3 heterocycles. The summed E-state index contributed by atoms with van der Waals surface area (Å²) >= 11 is 1.38. The van der Waals surface area contributed by atoms with Crippen molar-refractivity contribution in [3.05, 3.63) is 42.4 Å². The molecule has 0 bridgehead atoms. The van der Waals surface area contributed by atoms with Crippen molar-refractivity contribution in [1.29, 1.82) is 0 Å². The highest BCUT2D eigenvalue weighted by atomic mass is 32.2. The van der Waals surface area contributed by atoms with Gasteiger partial charge in [-0.1, -0.05) is 30.0 Å². The predicted molar refractivity (Wildman–Crippen MR) is 94.6 cm³/mol. The van der Waals surface area contributed by atoms with Crippen LogP contribution in [0, 0.1) is 0 Å². The summed E-state index contributed by atoms with van der Waals surface area (Å²) in [5.41, 5.74) is 1.95. The normalized spacial score (nSPS) is 15.8. The number of carbonyl (C=O) groups is 1. The van der Waals surface area contributed by atoms with Crippen molar-refractivity contribution < 1.29 is 9.53 Å². The zero-order valence-corrected chi connectivity index (χ0v) is 14.5. The van der Waals surface area contributed by atoms with E-state index in [9.17, 15) is 4.79 Å². The van der Waals surface area contributed by atoms with Gasteiger partial charge in [-0.15, -0.1) is 0 Å². The summed E-state index contributed by atoms with van der Waals surface area (Å²) in [6.45, 7) is 0.500. The molecule has 1 aromatic carbocycles. The van der Waals surface area contributed by atoms with Gasteiger partial charge in [0.2, 0.25) is 5.91 Å². The fraction of sp³-hybridized carbons (Fsp3) is 0.294. The van der Waals surface area contributed by atoms with Crippen molar-refractivity contribution in [3.63, 3.8) is 0 Å². The van der Waals surface area contributed by atoms with Gasteiger partial charge in [0.25, 0.3) is 0 Å². The molecule has 0 aliphatic carbocycles. The summed E-state index contributed by atoms with van der Waals surface area (Å²) < 4.78 is 7.52. The predicted octanol–water partition coefficient (Wildman–Crippen LogP) is 1.58. The average molecular weight is 355 g/mol. The minimum atomic E-state index is -0.0415. The Hall–Kier alpha value is -2.61. The molecule has 1 atom stereocenters. The smallest absolute Gasteiger partial charge is 0.230 e. The molecule has 0 fully saturated rings. The molecular weight excluding hydrogens is 338 g/mol. The Morgan fingerprint density at radius 1 is 1.40 bits per heavy atom. The quantitative estimate of drug-likeness (QED) is 0.553. The van der Waals surface area contributed by atoms with E-state index in [1.54, 1.807) is 10.9 Å².